The standard InChI is InChI=1S/C20H25N5O.2ClH/c1-14-13-17(18-15(2)23-24(3)19(18)22-14)20(26)25(12-10-21)11-9-16-7-5-4-6-8-16;;/h4-8,13H,9-12,21H2,1-3H3;2*1H. The van der Waals surface area contributed by atoms with Crippen molar-refractivity contribution in [3.05, 3.63) is 58.9 Å². The minimum Gasteiger partial charge on any atom is -0.337 e. The fourth-order valence-corrected chi connectivity index (χ4v) is 3.29. The number of fused-ring (bicyclic) bond motifs is 1. The number of carbonyl (C=O) groups excluding carboxylic acids is 1. The zero-order valence-corrected chi connectivity index (χ0v) is 18.0. The van der Waals surface area contributed by atoms with Crippen molar-refractivity contribution in [3.8, 4) is 0 Å². The van der Waals surface area contributed by atoms with E-state index >= 15 is 0 Å². The summed E-state index contributed by atoms with van der Waals surface area (Å²) >= 11 is 0. The third-order valence-electron chi connectivity index (χ3n) is 4.53. The lowest BCUT2D eigenvalue weighted by atomic mass is 10.1. The summed E-state index contributed by atoms with van der Waals surface area (Å²) in [5.41, 5.74) is 9.98. The van der Waals surface area contributed by atoms with Crippen molar-refractivity contribution in [1.29, 1.82) is 0 Å². The van der Waals surface area contributed by atoms with Crippen LogP contribution in [0.2, 0.25) is 0 Å². The van der Waals surface area contributed by atoms with Gasteiger partial charge in [-0.3, -0.25) is 9.48 Å². The average molecular weight is 424 g/mol. The zero-order valence-electron chi connectivity index (χ0n) is 16.4. The normalized spacial score (nSPS) is 10.3. The minimum atomic E-state index is -0.0158. The number of nitrogens with zero attached hydrogens (tertiary/aromatic N) is 4. The van der Waals surface area contributed by atoms with E-state index in [0.717, 1.165) is 28.8 Å². The van der Waals surface area contributed by atoms with Gasteiger partial charge in [0.1, 0.15) is 0 Å². The van der Waals surface area contributed by atoms with Crippen molar-refractivity contribution in [1.82, 2.24) is 19.7 Å². The molecule has 2 heterocycles. The van der Waals surface area contributed by atoms with Crippen LogP contribution >= 0.6 is 24.8 Å². The maximum Gasteiger partial charge on any atom is 0.254 e. The van der Waals surface area contributed by atoms with Crippen LogP contribution in [-0.2, 0) is 13.5 Å². The predicted octanol–water partition coefficient (Wildman–Crippen LogP) is 3.07. The molecule has 0 aliphatic rings. The first-order valence-corrected chi connectivity index (χ1v) is 8.85. The lowest BCUT2D eigenvalue weighted by Gasteiger charge is -2.23. The Morgan fingerprint density at radius 1 is 1.14 bits per heavy atom. The molecule has 2 aromatic heterocycles. The number of rotatable bonds is 6. The highest BCUT2D eigenvalue weighted by Gasteiger charge is 2.22. The Bertz CT molecular complexity index is 927. The van der Waals surface area contributed by atoms with Crippen molar-refractivity contribution < 1.29 is 4.79 Å². The molecule has 0 bridgehead atoms. The van der Waals surface area contributed by atoms with Crippen LogP contribution in [0.15, 0.2) is 36.4 Å². The summed E-state index contributed by atoms with van der Waals surface area (Å²) in [6.45, 7) is 5.39. The summed E-state index contributed by atoms with van der Waals surface area (Å²) in [6.07, 6.45) is 0.797. The highest BCUT2D eigenvalue weighted by molar-refractivity contribution is 6.06. The fourth-order valence-electron chi connectivity index (χ4n) is 3.29. The smallest absolute Gasteiger partial charge is 0.254 e. The third-order valence-corrected chi connectivity index (χ3v) is 4.53. The highest BCUT2D eigenvalue weighted by Crippen LogP contribution is 2.23. The Balaban J connectivity index is 0.00000196. The van der Waals surface area contributed by atoms with Gasteiger partial charge in [0, 0.05) is 32.4 Å². The molecular weight excluding hydrogens is 397 g/mol. The number of hydrogen-bond donors (Lipinski definition) is 1. The second-order valence-corrected chi connectivity index (χ2v) is 6.54. The van der Waals surface area contributed by atoms with Crippen molar-refractivity contribution >= 4 is 41.8 Å². The van der Waals surface area contributed by atoms with Crippen molar-refractivity contribution in [2.45, 2.75) is 20.3 Å². The Hall–Kier alpha value is -2.15. The SMILES string of the molecule is Cc1cc(C(=O)N(CCN)CCc2ccccc2)c2c(C)nn(C)c2n1.Cl.Cl. The van der Waals surface area contributed by atoms with E-state index in [1.807, 2.05) is 50.1 Å². The van der Waals surface area contributed by atoms with E-state index < -0.39 is 0 Å². The van der Waals surface area contributed by atoms with Crippen LogP contribution in [0.3, 0.4) is 0 Å². The van der Waals surface area contributed by atoms with Gasteiger partial charge in [-0.25, -0.2) is 4.98 Å². The summed E-state index contributed by atoms with van der Waals surface area (Å²) in [7, 11) is 1.85. The van der Waals surface area contributed by atoms with Crippen molar-refractivity contribution in [3.63, 3.8) is 0 Å². The molecule has 0 unspecified atom stereocenters. The number of halogens is 2. The molecule has 2 N–H and O–H groups in total. The van der Waals surface area contributed by atoms with Gasteiger partial charge in [0.2, 0.25) is 0 Å². The van der Waals surface area contributed by atoms with E-state index in [1.54, 1.807) is 4.68 Å². The molecule has 1 aromatic carbocycles. The Kier molecular flexibility index (Phi) is 8.88. The molecule has 6 nitrogen and oxygen atoms in total. The molecule has 3 rings (SSSR count). The van der Waals surface area contributed by atoms with E-state index in [9.17, 15) is 4.79 Å². The Morgan fingerprint density at radius 3 is 2.46 bits per heavy atom. The van der Waals surface area contributed by atoms with E-state index in [-0.39, 0.29) is 30.7 Å². The van der Waals surface area contributed by atoms with Gasteiger partial charge < -0.3 is 10.6 Å². The first-order valence-electron chi connectivity index (χ1n) is 8.85. The molecule has 0 aliphatic carbocycles. The van der Waals surface area contributed by atoms with Crippen LogP contribution < -0.4 is 5.73 Å². The second-order valence-electron chi connectivity index (χ2n) is 6.54. The summed E-state index contributed by atoms with van der Waals surface area (Å²) in [6, 6.07) is 12.0. The molecule has 8 heteroatoms. The van der Waals surface area contributed by atoms with Crippen molar-refractivity contribution in [2.24, 2.45) is 12.8 Å². The lowest BCUT2D eigenvalue weighted by Crippen LogP contribution is -2.37. The maximum absolute atomic E-state index is 13.3. The number of benzene rings is 1. The summed E-state index contributed by atoms with van der Waals surface area (Å²) < 4.78 is 1.73. The molecule has 0 fully saturated rings. The number of amides is 1. The molecule has 0 radical (unpaired) electrons. The number of carbonyl (C=O) groups is 1. The van der Waals surface area contributed by atoms with E-state index in [0.29, 0.717) is 25.2 Å². The van der Waals surface area contributed by atoms with Crippen LogP contribution in [0.4, 0.5) is 0 Å². The molecule has 0 atom stereocenters. The average Bonchev–Trinajstić information content (AvgIpc) is 2.92. The second kappa shape index (κ2) is 10.4. The van der Waals surface area contributed by atoms with Gasteiger partial charge in [-0.15, -0.1) is 24.8 Å². The van der Waals surface area contributed by atoms with Crippen LogP contribution in [0.1, 0.15) is 27.3 Å². The molecular formula is C20H27Cl2N5O. The van der Waals surface area contributed by atoms with Gasteiger partial charge in [-0.1, -0.05) is 30.3 Å². The first kappa shape index (κ1) is 23.9. The fraction of sp³-hybridized carbons (Fsp3) is 0.350. The number of aromatic nitrogens is 3. The molecule has 0 aliphatic heterocycles. The topological polar surface area (TPSA) is 77.0 Å². The predicted molar refractivity (Wildman–Crippen MR) is 118 cm³/mol. The van der Waals surface area contributed by atoms with E-state index in [2.05, 4.69) is 22.2 Å². The van der Waals surface area contributed by atoms with Crippen LogP contribution in [0.25, 0.3) is 11.0 Å². The number of aryl methyl sites for hydroxylation is 3. The van der Waals surface area contributed by atoms with Gasteiger partial charge in [0.25, 0.3) is 5.91 Å². The number of hydrogen-bond acceptors (Lipinski definition) is 4. The van der Waals surface area contributed by atoms with E-state index in [1.165, 1.54) is 5.56 Å². The number of nitrogens with two attached hydrogens (primary N) is 1. The Labute approximate surface area is 177 Å². The molecule has 0 saturated heterocycles. The molecule has 1 amide bonds. The monoisotopic (exact) mass is 423 g/mol. The summed E-state index contributed by atoms with van der Waals surface area (Å²) in [4.78, 5) is 19.7. The summed E-state index contributed by atoms with van der Waals surface area (Å²) in [5, 5.41) is 5.26. The van der Waals surface area contributed by atoms with Crippen LogP contribution in [0.5, 0.6) is 0 Å². The van der Waals surface area contributed by atoms with Gasteiger partial charge in [-0.05, 0) is 31.9 Å². The van der Waals surface area contributed by atoms with Gasteiger partial charge >= 0.3 is 0 Å². The van der Waals surface area contributed by atoms with Crippen molar-refractivity contribution in [2.75, 3.05) is 19.6 Å². The molecule has 28 heavy (non-hydrogen) atoms. The Morgan fingerprint density at radius 2 is 1.82 bits per heavy atom. The molecule has 152 valence electrons. The molecule has 0 spiro atoms. The summed E-state index contributed by atoms with van der Waals surface area (Å²) in [5.74, 6) is -0.0158. The largest absolute Gasteiger partial charge is 0.337 e. The quantitative estimate of drug-likeness (QED) is 0.660. The van der Waals surface area contributed by atoms with E-state index in [4.69, 9.17) is 5.73 Å². The highest BCUT2D eigenvalue weighted by atomic mass is 35.5. The van der Waals surface area contributed by atoms with Gasteiger partial charge in [0.15, 0.2) is 5.65 Å². The zero-order chi connectivity index (χ0) is 18.7. The minimum absolute atomic E-state index is 0. The van der Waals surface area contributed by atoms with Crippen LogP contribution in [0, 0.1) is 13.8 Å². The first-order chi connectivity index (χ1) is 12.5. The maximum atomic E-state index is 13.3. The van der Waals surface area contributed by atoms with Gasteiger partial charge in [-0.2, -0.15) is 5.10 Å². The van der Waals surface area contributed by atoms with Gasteiger partial charge in [0.05, 0.1) is 16.6 Å². The molecule has 3 aromatic rings. The lowest BCUT2D eigenvalue weighted by molar-refractivity contribution is 0.0764. The number of pyridine rings is 1. The third kappa shape index (κ3) is 5.01. The van der Waals surface area contributed by atoms with Crippen LogP contribution in [-0.4, -0.2) is 45.2 Å². The molecule has 0 saturated carbocycles.